The zero-order valence-corrected chi connectivity index (χ0v) is 14.2. The van der Waals surface area contributed by atoms with Crippen LogP contribution in [-0.4, -0.2) is 47.2 Å². The van der Waals surface area contributed by atoms with Crippen LogP contribution >= 0.6 is 0 Å². The average molecular weight is 356 g/mol. The molecule has 1 aromatic carbocycles. The number of hydrogen-bond donors (Lipinski definition) is 3. The van der Waals surface area contributed by atoms with Crippen molar-refractivity contribution in [3.8, 4) is 0 Å². The highest BCUT2D eigenvalue weighted by Gasteiger charge is 2.44. The lowest BCUT2D eigenvalue weighted by Crippen LogP contribution is -2.54. The topological polar surface area (TPSA) is 122 Å². The Balaban J connectivity index is 1.48. The second-order valence-corrected chi connectivity index (χ2v) is 7.12. The number of fused-ring (bicyclic) bond motifs is 1. The highest BCUT2D eigenvalue weighted by molar-refractivity contribution is 6.23. The third kappa shape index (κ3) is 2.91. The van der Waals surface area contributed by atoms with Crippen LogP contribution in [0, 0.1) is 5.92 Å². The molecule has 0 spiro atoms. The van der Waals surface area contributed by atoms with E-state index in [1.807, 2.05) is 0 Å². The van der Waals surface area contributed by atoms with Crippen LogP contribution in [0.2, 0.25) is 0 Å². The van der Waals surface area contributed by atoms with Crippen molar-refractivity contribution in [2.24, 2.45) is 11.7 Å². The van der Waals surface area contributed by atoms with Gasteiger partial charge in [-0.05, 0) is 43.0 Å². The Bertz CT molecular complexity index is 821. The lowest BCUT2D eigenvalue weighted by molar-refractivity contribution is -0.136. The average Bonchev–Trinajstić information content (AvgIpc) is 3.25. The van der Waals surface area contributed by atoms with Crippen LogP contribution in [0.15, 0.2) is 18.2 Å². The van der Waals surface area contributed by atoms with Gasteiger partial charge in [0.25, 0.3) is 11.8 Å². The van der Waals surface area contributed by atoms with Gasteiger partial charge in [-0.2, -0.15) is 0 Å². The number of carbonyl (C=O) groups excluding carboxylic acids is 4. The molecule has 4 amide bonds. The molecule has 1 saturated carbocycles. The van der Waals surface area contributed by atoms with Crippen molar-refractivity contribution in [3.63, 3.8) is 0 Å². The second kappa shape index (κ2) is 6.30. The largest absolute Gasteiger partial charge is 0.327 e. The fourth-order valence-electron chi connectivity index (χ4n) is 3.54. The summed E-state index contributed by atoms with van der Waals surface area (Å²) in [6.45, 7) is 1.41. The summed E-state index contributed by atoms with van der Waals surface area (Å²) in [5.41, 5.74) is 7.28. The summed E-state index contributed by atoms with van der Waals surface area (Å²) >= 11 is 0. The summed E-state index contributed by atoms with van der Waals surface area (Å²) in [5.74, 6) is -1.44. The highest BCUT2D eigenvalue weighted by Crippen LogP contribution is 2.29. The molecule has 26 heavy (non-hydrogen) atoms. The zero-order valence-electron chi connectivity index (χ0n) is 14.2. The summed E-state index contributed by atoms with van der Waals surface area (Å²) in [5, 5.41) is 5.50. The summed E-state index contributed by atoms with van der Waals surface area (Å²) in [7, 11) is 0. The Labute approximate surface area is 150 Å². The SMILES string of the molecule is NC1CC1CNCc1ccc2c(c1)C(=O)N(C1CCC(=O)NC1=O)C2=O. The molecule has 4 N–H and O–H groups in total. The van der Waals surface area contributed by atoms with Crippen LogP contribution in [0.25, 0.3) is 0 Å². The number of nitrogens with one attached hydrogen (secondary N) is 2. The van der Waals surface area contributed by atoms with Crippen molar-refractivity contribution in [2.75, 3.05) is 6.54 Å². The normalized spacial score (nSPS) is 27.6. The fraction of sp³-hybridized carbons (Fsp3) is 0.444. The molecule has 3 aliphatic rings. The summed E-state index contributed by atoms with van der Waals surface area (Å²) in [6, 6.07) is 4.47. The summed E-state index contributed by atoms with van der Waals surface area (Å²) in [6.07, 6.45) is 1.31. The van der Waals surface area contributed by atoms with Crippen molar-refractivity contribution in [2.45, 2.75) is 37.9 Å². The van der Waals surface area contributed by atoms with Gasteiger partial charge in [0, 0.05) is 19.0 Å². The molecule has 3 unspecified atom stereocenters. The van der Waals surface area contributed by atoms with E-state index in [4.69, 9.17) is 5.73 Å². The van der Waals surface area contributed by atoms with E-state index in [1.54, 1.807) is 18.2 Å². The Morgan fingerprint density at radius 1 is 1.15 bits per heavy atom. The van der Waals surface area contributed by atoms with Gasteiger partial charge in [0.2, 0.25) is 11.8 Å². The zero-order chi connectivity index (χ0) is 18.4. The monoisotopic (exact) mass is 356 g/mol. The summed E-state index contributed by atoms with van der Waals surface area (Å²) in [4.78, 5) is 49.6. The molecule has 3 atom stereocenters. The molecule has 2 aliphatic heterocycles. The van der Waals surface area contributed by atoms with E-state index in [2.05, 4.69) is 10.6 Å². The maximum Gasteiger partial charge on any atom is 0.262 e. The lowest BCUT2D eigenvalue weighted by atomic mass is 10.0. The standard InChI is InChI=1S/C18H20N4O4/c19-13-6-10(13)8-20-7-9-1-2-11-12(5-9)18(26)22(17(11)25)14-3-4-15(23)21-16(14)24/h1-2,5,10,13-14,20H,3-4,6-8,19H2,(H,21,23,24). The van der Waals surface area contributed by atoms with Gasteiger partial charge in [-0.3, -0.25) is 29.4 Å². The molecule has 1 saturated heterocycles. The van der Waals surface area contributed by atoms with Gasteiger partial charge in [0.1, 0.15) is 6.04 Å². The van der Waals surface area contributed by atoms with E-state index in [9.17, 15) is 19.2 Å². The predicted molar refractivity (Wildman–Crippen MR) is 90.9 cm³/mol. The van der Waals surface area contributed by atoms with Crippen LogP contribution < -0.4 is 16.4 Å². The first-order chi connectivity index (χ1) is 12.5. The number of benzene rings is 1. The first-order valence-corrected chi connectivity index (χ1v) is 8.76. The lowest BCUT2D eigenvalue weighted by Gasteiger charge is -2.27. The fourth-order valence-corrected chi connectivity index (χ4v) is 3.54. The molecular formula is C18H20N4O4. The van der Waals surface area contributed by atoms with Gasteiger partial charge in [0.05, 0.1) is 11.1 Å². The van der Waals surface area contributed by atoms with Gasteiger partial charge in [-0.15, -0.1) is 0 Å². The molecule has 2 fully saturated rings. The molecule has 4 rings (SSSR count). The van der Waals surface area contributed by atoms with Crippen LogP contribution in [0.5, 0.6) is 0 Å². The molecular weight excluding hydrogens is 336 g/mol. The number of carbonyl (C=O) groups is 4. The Morgan fingerprint density at radius 2 is 1.88 bits per heavy atom. The van der Waals surface area contributed by atoms with Gasteiger partial charge < -0.3 is 11.1 Å². The molecule has 136 valence electrons. The van der Waals surface area contributed by atoms with E-state index >= 15 is 0 Å². The molecule has 8 nitrogen and oxygen atoms in total. The Morgan fingerprint density at radius 3 is 2.58 bits per heavy atom. The van der Waals surface area contributed by atoms with E-state index < -0.39 is 23.8 Å². The first-order valence-electron chi connectivity index (χ1n) is 8.76. The number of imide groups is 2. The van der Waals surface area contributed by atoms with Crippen LogP contribution in [0.3, 0.4) is 0 Å². The molecule has 0 aromatic heterocycles. The summed E-state index contributed by atoms with van der Waals surface area (Å²) < 4.78 is 0. The Hall–Kier alpha value is -2.58. The maximum atomic E-state index is 12.7. The van der Waals surface area contributed by atoms with Crippen molar-refractivity contribution >= 4 is 23.6 Å². The number of nitrogens with zero attached hydrogens (tertiary/aromatic N) is 1. The second-order valence-electron chi connectivity index (χ2n) is 7.12. The van der Waals surface area contributed by atoms with Crippen LogP contribution in [-0.2, 0) is 16.1 Å². The van der Waals surface area contributed by atoms with Gasteiger partial charge in [-0.25, -0.2) is 0 Å². The van der Waals surface area contributed by atoms with E-state index in [1.165, 1.54) is 0 Å². The minimum Gasteiger partial charge on any atom is -0.327 e. The molecule has 0 radical (unpaired) electrons. The van der Waals surface area contributed by atoms with Crippen LogP contribution in [0.4, 0.5) is 0 Å². The minimum absolute atomic E-state index is 0.113. The smallest absolute Gasteiger partial charge is 0.262 e. The number of amides is 4. The van der Waals surface area contributed by atoms with Gasteiger partial charge in [-0.1, -0.05) is 6.07 Å². The molecule has 1 aromatic rings. The van der Waals surface area contributed by atoms with Gasteiger partial charge >= 0.3 is 0 Å². The van der Waals surface area contributed by atoms with E-state index in [0.717, 1.165) is 23.4 Å². The van der Waals surface area contributed by atoms with Crippen molar-refractivity contribution < 1.29 is 19.2 Å². The molecule has 8 heteroatoms. The number of piperidine rings is 1. The van der Waals surface area contributed by atoms with E-state index in [0.29, 0.717) is 23.6 Å². The minimum atomic E-state index is -0.932. The van der Waals surface area contributed by atoms with Crippen molar-refractivity contribution in [3.05, 3.63) is 34.9 Å². The molecule has 0 bridgehead atoms. The Kier molecular flexibility index (Phi) is 4.08. The number of nitrogens with two attached hydrogens (primary N) is 1. The third-order valence-corrected chi connectivity index (χ3v) is 5.22. The maximum absolute atomic E-state index is 12.7. The van der Waals surface area contributed by atoms with Gasteiger partial charge in [0.15, 0.2) is 0 Å². The first kappa shape index (κ1) is 16.9. The van der Waals surface area contributed by atoms with Crippen LogP contribution in [0.1, 0.15) is 45.5 Å². The quantitative estimate of drug-likeness (QED) is 0.613. The number of rotatable bonds is 5. The predicted octanol–water partition coefficient (Wildman–Crippen LogP) is -0.475. The number of hydrogen-bond acceptors (Lipinski definition) is 6. The highest BCUT2D eigenvalue weighted by atomic mass is 16.2. The molecule has 2 heterocycles. The van der Waals surface area contributed by atoms with Crippen molar-refractivity contribution in [1.82, 2.24) is 15.5 Å². The molecule has 1 aliphatic carbocycles. The van der Waals surface area contributed by atoms with E-state index in [-0.39, 0.29) is 24.8 Å². The van der Waals surface area contributed by atoms with Crippen molar-refractivity contribution in [1.29, 1.82) is 0 Å². The third-order valence-electron chi connectivity index (χ3n) is 5.22.